The highest BCUT2D eigenvalue weighted by molar-refractivity contribution is 6.01. The number of halogens is 5. The summed E-state index contributed by atoms with van der Waals surface area (Å²) in [6.45, 7) is 4.99. The number of nitrogens with zero attached hydrogens (tertiary/aromatic N) is 2. The number of rotatable bonds is 5. The van der Waals surface area contributed by atoms with Crippen molar-refractivity contribution in [3.8, 4) is 11.5 Å². The van der Waals surface area contributed by atoms with Crippen molar-refractivity contribution in [3.05, 3.63) is 119 Å². The van der Waals surface area contributed by atoms with Gasteiger partial charge in [-0.25, -0.2) is 22.4 Å². The minimum absolute atomic E-state index is 0. The van der Waals surface area contributed by atoms with Crippen molar-refractivity contribution in [1.29, 1.82) is 0 Å². The number of anilines is 2. The van der Waals surface area contributed by atoms with Gasteiger partial charge in [0.2, 0.25) is 5.91 Å². The second-order valence-corrected chi connectivity index (χ2v) is 12.8. The number of nitrogens with two attached hydrogens (primary N) is 1. The SMILES string of the molecule is CC(C)(C)OC(=O)N[C@H]1COc2ccccc2N(Cc2cc(F)cc(F)c2)C1=O.Cl.N[C@H]1COc2ccccc2N(Cc2cc(F)cc(F)c2)C1=O. The van der Waals surface area contributed by atoms with Crippen LogP contribution in [0.3, 0.4) is 0 Å². The number of fused-ring (bicyclic) bond motifs is 2. The molecule has 2 aliphatic heterocycles. The Morgan fingerprint density at radius 3 is 1.63 bits per heavy atom. The first-order valence-corrected chi connectivity index (χ1v) is 15.9. The van der Waals surface area contributed by atoms with E-state index in [0.717, 1.165) is 24.3 Å². The third kappa shape index (κ3) is 10.1. The fraction of sp³-hybridized carbons (Fsp3) is 0.270. The number of carbonyl (C=O) groups excluding carboxylic acids is 3. The van der Waals surface area contributed by atoms with Gasteiger partial charge in [-0.15, -0.1) is 12.4 Å². The molecule has 2 heterocycles. The molecule has 276 valence electrons. The van der Waals surface area contributed by atoms with E-state index in [9.17, 15) is 31.9 Å². The van der Waals surface area contributed by atoms with Gasteiger partial charge in [-0.05, 0) is 80.4 Å². The lowest BCUT2D eigenvalue weighted by molar-refractivity contribution is -0.121. The lowest BCUT2D eigenvalue weighted by Gasteiger charge is -2.26. The van der Waals surface area contributed by atoms with Crippen LogP contribution in [-0.4, -0.2) is 48.8 Å². The summed E-state index contributed by atoms with van der Waals surface area (Å²) in [5.74, 6) is -2.75. The Balaban J connectivity index is 0.000000236. The van der Waals surface area contributed by atoms with Gasteiger partial charge in [0.25, 0.3) is 5.91 Å². The van der Waals surface area contributed by atoms with Gasteiger partial charge in [0.05, 0.1) is 24.5 Å². The van der Waals surface area contributed by atoms with E-state index >= 15 is 0 Å². The molecule has 4 aromatic carbocycles. The summed E-state index contributed by atoms with van der Waals surface area (Å²) in [5.41, 5.74) is 6.64. The van der Waals surface area contributed by atoms with E-state index in [0.29, 0.717) is 28.4 Å². The number of amides is 3. The third-order valence-electron chi connectivity index (χ3n) is 7.50. The minimum atomic E-state index is -1.03. The van der Waals surface area contributed by atoms with Crippen LogP contribution in [0, 0.1) is 23.3 Å². The van der Waals surface area contributed by atoms with E-state index in [-0.39, 0.29) is 50.2 Å². The molecule has 0 aliphatic carbocycles. The number of benzene rings is 4. The molecule has 0 unspecified atom stereocenters. The average Bonchev–Trinajstić information content (AvgIpc) is 3.24. The van der Waals surface area contributed by atoms with Gasteiger partial charge >= 0.3 is 6.09 Å². The number of ether oxygens (including phenoxy) is 3. The highest BCUT2D eigenvalue weighted by Gasteiger charge is 2.34. The molecule has 0 spiro atoms. The Labute approximate surface area is 303 Å². The van der Waals surface area contributed by atoms with E-state index in [1.165, 1.54) is 21.9 Å². The molecule has 10 nitrogen and oxygen atoms in total. The zero-order valence-electron chi connectivity index (χ0n) is 28.4. The maximum atomic E-state index is 13.6. The third-order valence-corrected chi connectivity index (χ3v) is 7.50. The van der Waals surface area contributed by atoms with Crippen molar-refractivity contribution in [2.45, 2.75) is 51.5 Å². The Kier molecular flexibility index (Phi) is 12.7. The molecule has 0 fully saturated rings. The van der Waals surface area contributed by atoms with Crippen LogP contribution in [0.25, 0.3) is 0 Å². The summed E-state index contributed by atoms with van der Waals surface area (Å²) < 4.78 is 70.3. The molecular formula is C37H37ClF4N4O6. The first-order valence-electron chi connectivity index (χ1n) is 15.9. The van der Waals surface area contributed by atoms with Crippen LogP contribution in [-0.2, 0) is 27.4 Å². The highest BCUT2D eigenvalue weighted by atomic mass is 35.5. The molecule has 15 heteroatoms. The van der Waals surface area contributed by atoms with Crippen LogP contribution in [0.15, 0.2) is 84.9 Å². The summed E-state index contributed by atoms with van der Waals surface area (Å²) in [5, 5.41) is 2.51. The fourth-order valence-electron chi connectivity index (χ4n) is 5.37. The molecule has 6 rings (SSSR count). The van der Waals surface area contributed by atoms with E-state index < -0.39 is 53.0 Å². The average molecular weight is 745 g/mol. The number of hydrogen-bond donors (Lipinski definition) is 2. The Morgan fingerprint density at radius 1 is 0.750 bits per heavy atom. The van der Waals surface area contributed by atoms with Crippen LogP contribution < -0.4 is 30.3 Å². The summed E-state index contributed by atoms with van der Waals surface area (Å²) in [6.07, 6.45) is -0.762. The highest BCUT2D eigenvalue weighted by Crippen LogP contribution is 2.33. The molecule has 3 N–H and O–H groups in total. The first kappa shape index (κ1) is 39.4. The number of alkyl carbamates (subject to hydrolysis) is 1. The van der Waals surface area contributed by atoms with Gasteiger partial charge < -0.3 is 35.1 Å². The van der Waals surface area contributed by atoms with Gasteiger partial charge in [0.1, 0.15) is 65.7 Å². The van der Waals surface area contributed by atoms with Crippen molar-refractivity contribution >= 4 is 41.7 Å². The summed E-state index contributed by atoms with van der Waals surface area (Å²) in [4.78, 5) is 40.5. The van der Waals surface area contributed by atoms with Crippen molar-refractivity contribution in [2.75, 3.05) is 23.0 Å². The van der Waals surface area contributed by atoms with Crippen molar-refractivity contribution in [3.63, 3.8) is 0 Å². The smallest absolute Gasteiger partial charge is 0.408 e. The molecule has 4 aromatic rings. The van der Waals surface area contributed by atoms with Crippen molar-refractivity contribution < 1.29 is 46.2 Å². The van der Waals surface area contributed by atoms with Gasteiger partial charge in [-0.2, -0.15) is 0 Å². The van der Waals surface area contributed by atoms with Gasteiger partial charge in [0.15, 0.2) is 0 Å². The maximum absolute atomic E-state index is 13.6. The van der Waals surface area contributed by atoms with Crippen molar-refractivity contribution in [1.82, 2.24) is 5.32 Å². The number of hydrogen-bond acceptors (Lipinski definition) is 7. The molecule has 52 heavy (non-hydrogen) atoms. The van der Waals surface area contributed by atoms with Crippen molar-refractivity contribution in [2.24, 2.45) is 5.73 Å². The largest absolute Gasteiger partial charge is 0.489 e. The van der Waals surface area contributed by atoms with Crippen LogP contribution in [0.5, 0.6) is 11.5 Å². The van der Waals surface area contributed by atoms with E-state index in [1.807, 2.05) is 0 Å². The lowest BCUT2D eigenvalue weighted by Crippen LogP contribution is -2.51. The van der Waals surface area contributed by atoms with Crippen LogP contribution in [0.4, 0.5) is 33.7 Å². The quantitative estimate of drug-likeness (QED) is 0.226. The molecule has 3 amide bonds. The Bertz CT molecular complexity index is 1890. The Hall–Kier alpha value is -5.34. The second-order valence-electron chi connectivity index (χ2n) is 12.8. The van der Waals surface area contributed by atoms with Gasteiger partial charge in [-0.1, -0.05) is 24.3 Å². The van der Waals surface area contributed by atoms with Crippen LogP contribution in [0.2, 0.25) is 0 Å². The van der Waals surface area contributed by atoms with Crippen LogP contribution >= 0.6 is 12.4 Å². The van der Waals surface area contributed by atoms with E-state index in [4.69, 9.17) is 19.9 Å². The topological polar surface area (TPSA) is 123 Å². The monoisotopic (exact) mass is 744 g/mol. The minimum Gasteiger partial charge on any atom is -0.489 e. The molecule has 0 bridgehead atoms. The van der Waals surface area contributed by atoms with E-state index in [1.54, 1.807) is 69.3 Å². The standard InChI is InChI=1S/C21H22F2N2O4.C16H14F2N2O2.ClH/c1-21(2,3)29-20(27)24-16-12-28-18-7-5-4-6-17(18)25(19(16)26)11-13-8-14(22)10-15(23)9-13;17-11-5-10(6-12(18)7-11)8-20-14-3-1-2-4-15(14)22-9-13(19)16(20)21;/h4-10,16H,11-12H2,1-3H3,(H,24,27);1-7,13H,8-9,19H2;1H/t16-;13-;/m00./s1. The van der Waals surface area contributed by atoms with E-state index in [2.05, 4.69) is 5.32 Å². The molecule has 0 aromatic heterocycles. The molecule has 2 atom stereocenters. The molecule has 0 saturated heterocycles. The molecule has 0 radical (unpaired) electrons. The summed E-state index contributed by atoms with van der Waals surface area (Å²) >= 11 is 0. The van der Waals surface area contributed by atoms with Gasteiger partial charge in [0, 0.05) is 12.1 Å². The number of nitrogens with one attached hydrogen (secondary N) is 1. The second kappa shape index (κ2) is 16.8. The molecule has 0 saturated carbocycles. The lowest BCUT2D eigenvalue weighted by atomic mass is 10.1. The fourth-order valence-corrected chi connectivity index (χ4v) is 5.37. The number of para-hydroxylation sites is 4. The maximum Gasteiger partial charge on any atom is 0.408 e. The Morgan fingerprint density at radius 2 is 1.17 bits per heavy atom. The summed E-state index contributed by atoms with van der Waals surface area (Å²) in [7, 11) is 0. The van der Waals surface area contributed by atoms with Crippen LogP contribution in [0.1, 0.15) is 31.9 Å². The predicted molar refractivity (Wildman–Crippen MR) is 187 cm³/mol. The zero-order valence-corrected chi connectivity index (χ0v) is 29.2. The normalized spacial score (nSPS) is 16.7. The molecular weight excluding hydrogens is 708 g/mol. The summed E-state index contributed by atoms with van der Waals surface area (Å²) in [6, 6.07) is 18.1. The zero-order chi connectivity index (χ0) is 36.9. The van der Waals surface area contributed by atoms with Gasteiger partial charge in [-0.3, -0.25) is 9.59 Å². The first-order chi connectivity index (χ1) is 24.2. The number of carbonyl (C=O) groups is 3. The predicted octanol–water partition coefficient (Wildman–Crippen LogP) is 6.42. The molecule has 2 aliphatic rings.